The van der Waals surface area contributed by atoms with E-state index in [1.54, 1.807) is 4.90 Å². The Hall–Kier alpha value is -0.770. The first-order chi connectivity index (χ1) is 8.20. The highest BCUT2D eigenvalue weighted by Gasteiger charge is 2.29. The third-order valence-corrected chi connectivity index (χ3v) is 3.63. The van der Waals surface area contributed by atoms with Crippen molar-refractivity contribution in [2.24, 2.45) is 0 Å². The van der Waals surface area contributed by atoms with Gasteiger partial charge < -0.3 is 14.5 Å². The molecule has 1 saturated carbocycles. The molecule has 106 valence electrons. The first kappa shape index (κ1) is 15.3. The molecule has 0 spiro atoms. The van der Waals surface area contributed by atoms with Gasteiger partial charge in [0.15, 0.2) is 0 Å². The SMILES string of the molecule is CN(C)[C@H]1CC[C@H](N(C)C(=O)OC(C)(C)C)CC1. The fraction of sp³-hybridized carbons (Fsp3) is 0.929. The van der Waals surface area contributed by atoms with Crippen molar-refractivity contribution in [3.63, 3.8) is 0 Å². The van der Waals surface area contributed by atoms with Crippen LogP contribution < -0.4 is 0 Å². The molecule has 4 heteroatoms. The molecular formula is C14H28N2O2. The van der Waals surface area contributed by atoms with Gasteiger partial charge in [-0.3, -0.25) is 0 Å². The Morgan fingerprint density at radius 3 is 1.83 bits per heavy atom. The maximum Gasteiger partial charge on any atom is 0.410 e. The van der Waals surface area contributed by atoms with Crippen LogP contribution in [0.25, 0.3) is 0 Å². The van der Waals surface area contributed by atoms with E-state index >= 15 is 0 Å². The predicted octanol–water partition coefficient (Wildman–Crippen LogP) is 2.73. The van der Waals surface area contributed by atoms with Crippen molar-refractivity contribution in [3.05, 3.63) is 0 Å². The van der Waals surface area contributed by atoms with E-state index in [2.05, 4.69) is 19.0 Å². The molecule has 0 bridgehead atoms. The molecule has 0 atom stereocenters. The Morgan fingerprint density at radius 2 is 1.44 bits per heavy atom. The van der Waals surface area contributed by atoms with Gasteiger partial charge in [0.05, 0.1) is 0 Å². The van der Waals surface area contributed by atoms with E-state index in [0.29, 0.717) is 12.1 Å². The van der Waals surface area contributed by atoms with Crippen molar-refractivity contribution in [3.8, 4) is 0 Å². The Labute approximate surface area is 111 Å². The van der Waals surface area contributed by atoms with E-state index in [-0.39, 0.29) is 6.09 Å². The molecule has 0 aliphatic heterocycles. The summed E-state index contributed by atoms with van der Waals surface area (Å²) in [5.41, 5.74) is -0.411. The molecule has 0 heterocycles. The highest BCUT2D eigenvalue weighted by molar-refractivity contribution is 5.68. The first-order valence-electron chi connectivity index (χ1n) is 6.83. The van der Waals surface area contributed by atoms with Gasteiger partial charge in [-0.1, -0.05) is 0 Å². The summed E-state index contributed by atoms with van der Waals surface area (Å²) in [5, 5.41) is 0. The molecule has 0 aromatic rings. The van der Waals surface area contributed by atoms with E-state index in [1.165, 1.54) is 0 Å². The third kappa shape index (κ3) is 4.48. The second kappa shape index (κ2) is 5.91. The van der Waals surface area contributed by atoms with E-state index < -0.39 is 5.60 Å². The minimum atomic E-state index is -0.411. The number of ether oxygens (including phenoxy) is 1. The normalized spacial score (nSPS) is 25.1. The van der Waals surface area contributed by atoms with Crippen molar-refractivity contribution < 1.29 is 9.53 Å². The van der Waals surface area contributed by atoms with E-state index in [9.17, 15) is 4.79 Å². The fourth-order valence-electron chi connectivity index (χ4n) is 2.44. The minimum absolute atomic E-state index is 0.198. The Morgan fingerprint density at radius 1 is 1.00 bits per heavy atom. The number of nitrogens with zero attached hydrogens (tertiary/aromatic N) is 2. The van der Waals surface area contributed by atoms with Gasteiger partial charge in [-0.05, 0) is 60.5 Å². The third-order valence-electron chi connectivity index (χ3n) is 3.63. The van der Waals surface area contributed by atoms with Crippen LogP contribution in [0.15, 0.2) is 0 Å². The molecule has 1 amide bonds. The number of hydrogen-bond acceptors (Lipinski definition) is 3. The summed E-state index contributed by atoms with van der Waals surface area (Å²) in [6.07, 6.45) is 4.25. The Balaban J connectivity index is 2.45. The molecule has 4 nitrogen and oxygen atoms in total. The van der Waals surface area contributed by atoms with Gasteiger partial charge in [-0.15, -0.1) is 0 Å². The van der Waals surface area contributed by atoms with Crippen LogP contribution >= 0.6 is 0 Å². The topological polar surface area (TPSA) is 32.8 Å². The van der Waals surface area contributed by atoms with Gasteiger partial charge in [0.2, 0.25) is 0 Å². The van der Waals surface area contributed by atoms with Crippen LogP contribution in [0.2, 0.25) is 0 Å². The average Bonchev–Trinajstić information content (AvgIpc) is 2.26. The summed E-state index contributed by atoms with van der Waals surface area (Å²) in [4.78, 5) is 16.0. The number of carbonyl (C=O) groups is 1. The monoisotopic (exact) mass is 256 g/mol. The summed E-state index contributed by atoms with van der Waals surface area (Å²) in [6, 6.07) is 0.990. The molecule has 1 aliphatic carbocycles. The molecule has 0 radical (unpaired) electrons. The van der Waals surface area contributed by atoms with Gasteiger partial charge in [-0.25, -0.2) is 4.79 Å². The van der Waals surface area contributed by atoms with Crippen LogP contribution in [0, 0.1) is 0 Å². The number of rotatable bonds is 2. The van der Waals surface area contributed by atoms with Crippen LogP contribution in [0.1, 0.15) is 46.5 Å². The van der Waals surface area contributed by atoms with E-state index in [1.807, 2.05) is 27.8 Å². The van der Waals surface area contributed by atoms with Gasteiger partial charge in [0, 0.05) is 19.1 Å². The van der Waals surface area contributed by atoms with Crippen LogP contribution in [0.3, 0.4) is 0 Å². The zero-order chi connectivity index (χ0) is 13.9. The summed E-state index contributed by atoms with van der Waals surface area (Å²) >= 11 is 0. The Kier molecular flexibility index (Phi) is 5.02. The van der Waals surface area contributed by atoms with E-state index in [4.69, 9.17) is 4.74 Å². The standard InChI is InChI=1S/C14H28N2O2/c1-14(2,3)18-13(17)16(6)12-9-7-11(8-10-12)15(4)5/h11-12H,7-10H2,1-6H3/t11-,12-. The molecule has 1 rings (SSSR count). The molecule has 0 aromatic heterocycles. The predicted molar refractivity (Wildman–Crippen MR) is 73.7 cm³/mol. The average molecular weight is 256 g/mol. The second-order valence-electron chi connectivity index (χ2n) is 6.52. The Bertz CT molecular complexity index is 276. The van der Waals surface area contributed by atoms with Crippen molar-refractivity contribution in [2.75, 3.05) is 21.1 Å². The van der Waals surface area contributed by atoms with Crippen LogP contribution in [0.5, 0.6) is 0 Å². The van der Waals surface area contributed by atoms with Crippen LogP contribution in [-0.4, -0.2) is 54.7 Å². The lowest BCUT2D eigenvalue weighted by Crippen LogP contribution is -2.44. The van der Waals surface area contributed by atoms with Crippen LogP contribution in [0.4, 0.5) is 4.79 Å². The molecule has 18 heavy (non-hydrogen) atoms. The number of carbonyl (C=O) groups excluding carboxylic acids is 1. The van der Waals surface area contributed by atoms with Crippen molar-refractivity contribution in [1.29, 1.82) is 0 Å². The summed E-state index contributed by atoms with van der Waals surface area (Å²) in [7, 11) is 6.11. The minimum Gasteiger partial charge on any atom is -0.444 e. The lowest BCUT2D eigenvalue weighted by atomic mass is 9.90. The zero-order valence-corrected chi connectivity index (χ0v) is 12.7. The molecule has 1 fully saturated rings. The van der Waals surface area contributed by atoms with Gasteiger partial charge >= 0.3 is 6.09 Å². The number of amides is 1. The van der Waals surface area contributed by atoms with Crippen molar-refractivity contribution in [2.45, 2.75) is 64.1 Å². The molecule has 0 unspecified atom stereocenters. The lowest BCUT2D eigenvalue weighted by Gasteiger charge is -2.37. The highest BCUT2D eigenvalue weighted by atomic mass is 16.6. The fourth-order valence-corrected chi connectivity index (χ4v) is 2.44. The maximum atomic E-state index is 12.0. The summed E-state index contributed by atoms with van der Waals surface area (Å²) < 4.78 is 5.40. The van der Waals surface area contributed by atoms with Crippen LogP contribution in [-0.2, 0) is 4.74 Å². The molecule has 0 aromatic carbocycles. The lowest BCUT2D eigenvalue weighted by molar-refractivity contribution is 0.0164. The van der Waals surface area contributed by atoms with Gasteiger partial charge in [0.1, 0.15) is 5.60 Å². The second-order valence-corrected chi connectivity index (χ2v) is 6.52. The molecule has 0 saturated heterocycles. The van der Waals surface area contributed by atoms with Gasteiger partial charge in [-0.2, -0.15) is 0 Å². The largest absolute Gasteiger partial charge is 0.444 e. The van der Waals surface area contributed by atoms with E-state index in [0.717, 1.165) is 25.7 Å². The van der Waals surface area contributed by atoms with Crippen molar-refractivity contribution in [1.82, 2.24) is 9.80 Å². The highest BCUT2D eigenvalue weighted by Crippen LogP contribution is 2.25. The molecule has 0 N–H and O–H groups in total. The molecule has 1 aliphatic rings. The smallest absolute Gasteiger partial charge is 0.410 e. The van der Waals surface area contributed by atoms with Gasteiger partial charge in [0.25, 0.3) is 0 Å². The molecular weight excluding hydrogens is 228 g/mol. The van der Waals surface area contributed by atoms with Crippen molar-refractivity contribution >= 4 is 6.09 Å². The summed E-state index contributed by atoms with van der Waals surface area (Å²) in [6.45, 7) is 5.71. The maximum absolute atomic E-state index is 12.0. The zero-order valence-electron chi connectivity index (χ0n) is 12.7. The summed E-state index contributed by atoms with van der Waals surface area (Å²) in [5.74, 6) is 0. The first-order valence-corrected chi connectivity index (χ1v) is 6.83. The quantitative estimate of drug-likeness (QED) is 0.761. The number of hydrogen-bond donors (Lipinski definition) is 0.